The number of methoxy groups -OCH3 is 3. The second-order valence-corrected chi connectivity index (χ2v) is 4.95. The number of benzene rings is 1. The zero-order valence-corrected chi connectivity index (χ0v) is 13.4. The van der Waals surface area contributed by atoms with Gasteiger partial charge in [0.25, 0.3) is 0 Å². The minimum absolute atomic E-state index is 0.205. The average Bonchev–Trinajstić information content (AvgIpc) is 2.54. The third kappa shape index (κ3) is 3.25. The van der Waals surface area contributed by atoms with E-state index < -0.39 is 6.10 Å². The van der Waals surface area contributed by atoms with Crippen LogP contribution in [0, 0.1) is 0 Å². The fourth-order valence-electron chi connectivity index (χ4n) is 1.81. The molecule has 0 radical (unpaired) electrons. The summed E-state index contributed by atoms with van der Waals surface area (Å²) < 4.78 is 16.1. The standard InChI is InChI=1S/C14H15BrN2O4/c1-19-8-4-5-10(15)9(6-8)13(18)12-14(21-3)17-11(20-2)7-16-12/h4-7,13,18H,1-3H3. The first-order chi connectivity index (χ1) is 10.1. The van der Waals surface area contributed by atoms with Crippen LogP contribution in [0.5, 0.6) is 17.5 Å². The molecule has 1 atom stereocenters. The Morgan fingerprint density at radius 2 is 1.90 bits per heavy atom. The van der Waals surface area contributed by atoms with Gasteiger partial charge in [0.1, 0.15) is 17.5 Å². The van der Waals surface area contributed by atoms with Crippen molar-refractivity contribution in [3.8, 4) is 17.5 Å². The molecular formula is C14H15BrN2O4. The van der Waals surface area contributed by atoms with Gasteiger partial charge in [-0.05, 0) is 18.2 Å². The van der Waals surface area contributed by atoms with Gasteiger partial charge in [-0.25, -0.2) is 4.98 Å². The van der Waals surface area contributed by atoms with Crippen LogP contribution in [0.3, 0.4) is 0 Å². The first-order valence-electron chi connectivity index (χ1n) is 6.07. The second-order valence-electron chi connectivity index (χ2n) is 4.10. The molecule has 0 aliphatic rings. The number of hydrogen-bond donors (Lipinski definition) is 1. The Morgan fingerprint density at radius 3 is 2.52 bits per heavy atom. The van der Waals surface area contributed by atoms with Gasteiger partial charge in [0, 0.05) is 10.0 Å². The molecule has 21 heavy (non-hydrogen) atoms. The van der Waals surface area contributed by atoms with Crippen molar-refractivity contribution in [2.45, 2.75) is 6.10 Å². The van der Waals surface area contributed by atoms with Gasteiger partial charge in [0.15, 0.2) is 0 Å². The van der Waals surface area contributed by atoms with Crippen molar-refractivity contribution in [1.82, 2.24) is 9.97 Å². The number of aromatic nitrogens is 2. The van der Waals surface area contributed by atoms with Crippen molar-refractivity contribution < 1.29 is 19.3 Å². The number of ether oxygens (including phenoxy) is 3. The van der Waals surface area contributed by atoms with Crippen LogP contribution >= 0.6 is 15.9 Å². The third-order valence-corrected chi connectivity index (χ3v) is 3.63. The summed E-state index contributed by atoms with van der Waals surface area (Å²) in [5.41, 5.74) is 0.902. The SMILES string of the molecule is COc1ccc(Br)c(C(O)c2ncc(OC)nc2OC)c1. The van der Waals surface area contributed by atoms with E-state index in [1.165, 1.54) is 20.4 Å². The van der Waals surface area contributed by atoms with Crippen LogP contribution in [0.2, 0.25) is 0 Å². The molecule has 1 heterocycles. The van der Waals surface area contributed by atoms with E-state index in [0.29, 0.717) is 22.9 Å². The highest BCUT2D eigenvalue weighted by Gasteiger charge is 2.22. The zero-order valence-electron chi connectivity index (χ0n) is 11.8. The lowest BCUT2D eigenvalue weighted by atomic mass is 10.1. The summed E-state index contributed by atoms with van der Waals surface area (Å²) in [6, 6.07) is 5.30. The van der Waals surface area contributed by atoms with Crippen LogP contribution < -0.4 is 14.2 Å². The quantitative estimate of drug-likeness (QED) is 0.888. The second kappa shape index (κ2) is 6.73. The Hall–Kier alpha value is -1.86. The maximum Gasteiger partial charge on any atom is 0.241 e. The molecule has 0 saturated carbocycles. The summed E-state index contributed by atoms with van der Waals surface area (Å²) in [5.74, 6) is 1.15. The molecule has 1 aromatic carbocycles. The molecule has 0 fully saturated rings. The third-order valence-electron chi connectivity index (χ3n) is 2.90. The van der Waals surface area contributed by atoms with Crippen LogP contribution in [-0.4, -0.2) is 36.4 Å². The van der Waals surface area contributed by atoms with E-state index in [1.807, 2.05) is 0 Å². The highest BCUT2D eigenvalue weighted by molar-refractivity contribution is 9.10. The van der Waals surface area contributed by atoms with Gasteiger partial charge >= 0.3 is 0 Å². The molecule has 2 aromatic rings. The number of nitrogens with zero attached hydrogens (tertiary/aromatic N) is 2. The van der Waals surface area contributed by atoms with E-state index in [-0.39, 0.29) is 5.88 Å². The van der Waals surface area contributed by atoms with Crippen molar-refractivity contribution in [3.05, 3.63) is 40.1 Å². The van der Waals surface area contributed by atoms with Crippen molar-refractivity contribution in [2.75, 3.05) is 21.3 Å². The van der Waals surface area contributed by atoms with E-state index in [4.69, 9.17) is 14.2 Å². The van der Waals surface area contributed by atoms with Crippen LogP contribution in [0.25, 0.3) is 0 Å². The van der Waals surface area contributed by atoms with E-state index in [9.17, 15) is 5.11 Å². The fourth-order valence-corrected chi connectivity index (χ4v) is 2.27. The van der Waals surface area contributed by atoms with Crippen molar-refractivity contribution >= 4 is 15.9 Å². The number of aliphatic hydroxyl groups is 1. The molecule has 1 N–H and O–H groups in total. The highest BCUT2D eigenvalue weighted by atomic mass is 79.9. The van der Waals surface area contributed by atoms with E-state index in [1.54, 1.807) is 25.3 Å². The van der Waals surface area contributed by atoms with Crippen molar-refractivity contribution in [2.24, 2.45) is 0 Å². The van der Waals surface area contributed by atoms with Gasteiger partial charge < -0.3 is 19.3 Å². The van der Waals surface area contributed by atoms with Gasteiger partial charge in [-0.1, -0.05) is 15.9 Å². The molecule has 1 unspecified atom stereocenters. The lowest BCUT2D eigenvalue weighted by Crippen LogP contribution is -2.08. The molecule has 6 nitrogen and oxygen atoms in total. The summed E-state index contributed by atoms with van der Waals surface area (Å²) in [6.07, 6.45) is 0.414. The molecule has 2 rings (SSSR count). The Balaban J connectivity index is 2.46. The molecule has 0 spiro atoms. The minimum Gasteiger partial charge on any atom is -0.497 e. The summed E-state index contributed by atoms with van der Waals surface area (Å²) in [4.78, 5) is 8.28. The fraction of sp³-hybridized carbons (Fsp3) is 0.286. The van der Waals surface area contributed by atoms with E-state index in [2.05, 4.69) is 25.9 Å². The number of aliphatic hydroxyl groups excluding tert-OH is 1. The minimum atomic E-state index is -1.01. The molecule has 7 heteroatoms. The predicted molar refractivity (Wildman–Crippen MR) is 79.9 cm³/mol. The van der Waals surface area contributed by atoms with Crippen LogP contribution in [-0.2, 0) is 0 Å². The molecule has 112 valence electrons. The maximum atomic E-state index is 10.6. The molecule has 0 bridgehead atoms. The molecule has 1 aromatic heterocycles. The van der Waals surface area contributed by atoms with Crippen molar-refractivity contribution in [3.63, 3.8) is 0 Å². The van der Waals surface area contributed by atoms with Crippen molar-refractivity contribution in [1.29, 1.82) is 0 Å². The zero-order chi connectivity index (χ0) is 15.4. The first-order valence-corrected chi connectivity index (χ1v) is 6.86. The first kappa shape index (κ1) is 15.5. The van der Waals surface area contributed by atoms with Crippen LogP contribution in [0.1, 0.15) is 17.4 Å². The normalized spacial score (nSPS) is 11.9. The van der Waals surface area contributed by atoms with Gasteiger partial charge in [-0.2, -0.15) is 4.98 Å². The Kier molecular flexibility index (Phi) is 4.98. The molecule has 0 aliphatic heterocycles. The molecule has 0 saturated heterocycles. The summed E-state index contributed by atoms with van der Waals surface area (Å²) in [6.45, 7) is 0. The topological polar surface area (TPSA) is 73.7 Å². The predicted octanol–water partition coefficient (Wildman–Crippen LogP) is 2.35. The Labute approximate surface area is 130 Å². The van der Waals surface area contributed by atoms with Gasteiger partial charge in [-0.15, -0.1) is 0 Å². The molecule has 0 aliphatic carbocycles. The summed E-state index contributed by atoms with van der Waals surface area (Å²) >= 11 is 3.40. The monoisotopic (exact) mass is 354 g/mol. The lowest BCUT2D eigenvalue weighted by Gasteiger charge is -2.16. The Bertz CT molecular complexity index is 636. The van der Waals surface area contributed by atoms with Gasteiger partial charge in [0.2, 0.25) is 11.8 Å². The number of hydrogen-bond acceptors (Lipinski definition) is 6. The highest BCUT2D eigenvalue weighted by Crippen LogP contribution is 2.34. The van der Waals surface area contributed by atoms with E-state index in [0.717, 1.165) is 4.47 Å². The number of halogens is 1. The largest absolute Gasteiger partial charge is 0.497 e. The van der Waals surface area contributed by atoms with Gasteiger partial charge in [0.05, 0.1) is 27.5 Å². The van der Waals surface area contributed by atoms with Crippen LogP contribution in [0.15, 0.2) is 28.9 Å². The van der Waals surface area contributed by atoms with E-state index >= 15 is 0 Å². The Morgan fingerprint density at radius 1 is 1.14 bits per heavy atom. The van der Waals surface area contributed by atoms with Crippen LogP contribution in [0.4, 0.5) is 0 Å². The average molecular weight is 355 g/mol. The maximum absolute atomic E-state index is 10.6. The summed E-state index contributed by atoms with van der Waals surface area (Å²) in [5, 5.41) is 10.6. The summed E-state index contributed by atoms with van der Waals surface area (Å²) in [7, 11) is 4.51. The molecular weight excluding hydrogens is 340 g/mol. The lowest BCUT2D eigenvalue weighted by molar-refractivity contribution is 0.205. The van der Waals surface area contributed by atoms with Gasteiger partial charge in [-0.3, -0.25) is 0 Å². The number of rotatable bonds is 5. The smallest absolute Gasteiger partial charge is 0.241 e. The molecule has 0 amide bonds.